The standard InChI is InChI=1S/C11H15BrO2/c1-3-4-7-14-11-8-9(13-2)5-6-10(11)12/h5-6,8H,3-4,7H2,1-2H3. The van der Waals surface area contributed by atoms with Crippen molar-refractivity contribution in [2.75, 3.05) is 13.7 Å². The van der Waals surface area contributed by atoms with Gasteiger partial charge in [-0.05, 0) is 34.5 Å². The first-order valence-electron chi connectivity index (χ1n) is 4.74. The van der Waals surface area contributed by atoms with E-state index in [9.17, 15) is 0 Å². The lowest BCUT2D eigenvalue weighted by Gasteiger charge is -2.08. The summed E-state index contributed by atoms with van der Waals surface area (Å²) in [5.74, 6) is 1.66. The molecule has 1 aromatic carbocycles. The summed E-state index contributed by atoms with van der Waals surface area (Å²) in [6, 6.07) is 5.72. The molecule has 2 nitrogen and oxygen atoms in total. The molecular weight excluding hydrogens is 244 g/mol. The summed E-state index contributed by atoms with van der Waals surface area (Å²) in [5, 5.41) is 0. The van der Waals surface area contributed by atoms with Crippen LogP contribution in [0.3, 0.4) is 0 Å². The molecule has 0 fully saturated rings. The maximum atomic E-state index is 5.59. The van der Waals surface area contributed by atoms with Gasteiger partial charge in [0.05, 0.1) is 18.2 Å². The molecule has 0 radical (unpaired) electrons. The highest BCUT2D eigenvalue weighted by molar-refractivity contribution is 9.10. The maximum Gasteiger partial charge on any atom is 0.137 e. The monoisotopic (exact) mass is 258 g/mol. The fraction of sp³-hybridized carbons (Fsp3) is 0.455. The van der Waals surface area contributed by atoms with Gasteiger partial charge in [0.1, 0.15) is 11.5 Å². The van der Waals surface area contributed by atoms with Gasteiger partial charge in [-0.25, -0.2) is 0 Å². The molecule has 1 aromatic rings. The number of methoxy groups -OCH3 is 1. The molecule has 0 N–H and O–H groups in total. The molecule has 0 saturated carbocycles. The second-order valence-corrected chi connectivity index (χ2v) is 3.85. The number of unbranched alkanes of at least 4 members (excludes halogenated alkanes) is 1. The number of halogens is 1. The van der Waals surface area contributed by atoms with Crippen LogP contribution in [0.25, 0.3) is 0 Å². The molecule has 0 aliphatic carbocycles. The lowest BCUT2D eigenvalue weighted by Crippen LogP contribution is -1.97. The molecule has 0 amide bonds. The maximum absolute atomic E-state index is 5.59. The van der Waals surface area contributed by atoms with E-state index in [4.69, 9.17) is 9.47 Å². The molecule has 0 spiro atoms. The van der Waals surface area contributed by atoms with Crippen LogP contribution in [0.2, 0.25) is 0 Å². The zero-order valence-electron chi connectivity index (χ0n) is 8.55. The summed E-state index contributed by atoms with van der Waals surface area (Å²) >= 11 is 3.43. The Hall–Kier alpha value is -0.700. The predicted molar refractivity (Wildman–Crippen MR) is 61.1 cm³/mol. The first-order chi connectivity index (χ1) is 6.77. The highest BCUT2D eigenvalue weighted by atomic mass is 79.9. The molecule has 0 aliphatic rings. The first-order valence-corrected chi connectivity index (χ1v) is 5.53. The van der Waals surface area contributed by atoms with Gasteiger partial charge in [-0.1, -0.05) is 13.3 Å². The number of hydrogen-bond donors (Lipinski definition) is 0. The van der Waals surface area contributed by atoms with Gasteiger partial charge in [-0.15, -0.1) is 0 Å². The Morgan fingerprint density at radius 1 is 1.36 bits per heavy atom. The number of benzene rings is 1. The molecule has 0 saturated heterocycles. The summed E-state index contributed by atoms with van der Waals surface area (Å²) < 4.78 is 11.7. The van der Waals surface area contributed by atoms with Crippen LogP contribution in [0.15, 0.2) is 22.7 Å². The van der Waals surface area contributed by atoms with E-state index in [1.165, 1.54) is 0 Å². The van der Waals surface area contributed by atoms with Crippen LogP contribution in [0.1, 0.15) is 19.8 Å². The summed E-state index contributed by atoms with van der Waals surface area (Å²) in [6.07, 6.45) is 2.21. The molecule has 3 heteroatoms. The molecule has 0 unspecified atom stereocenters. The summed E-state index contributed by atoms with van der Waals surface area (Å²) in [5.41, 5.74) is 0. The Balaban J connectivity index is 2.64. The van der Waals surface area contributed by atoms with Crippen LogP contribution in [0.5, 0.6) is 11.5 Å². The summed E-state index contributed by atoms with van der Waals surface area (Å²) in [7, 11) is 1.65. The Morgan fingerprint density at radius 3 is 2.79 bits per heavy atom. The fourth-order valence-electron chi connectivity index (χ4n) is 1.05. The van der Waals surface area contributed by atoms with E-state index in [0.717, 1.165) is 35.4 Å². The van der Waals surface area contributed by atoms with E-state index in [1.54, 1.807) is 7.11 Å². The number of rotatable bonds is 5. The van der Waals surface area contributed by atoms with Gasteiger partial charge >= 0.3 is 0 Å². The Kier molecular flexibility index (Phi) is 4.80. The zero-order valence-corrected chi connectivity index (χ0v) is 10.1. The van der Waals surface area contributed by atoms with Crippen LogP contribution in [-0.4, -0.2) is 13.7 Å². The SMILES string of the molecule is CCCCOc1cc(OC)ccc1Br. The van der Waals surface area contributed by atoms with Crippen LogP contribution in [0, 0.1) is 0 Å². The molecule has 14 heavy (non-hydrogen) atoms. The minimum Gasteiger partial charge on any atom is -0.497 e. The van der Waals surface area contributed by atoms with Gasteiger partial charge in [-0.2, -0.15) is 0 Å². The van der Waals surface area contributed by atoms with Gasteiger partial charge < -0.3 is 9.47 Å². The third-order valence-electron chi connectivity index (χ3n) is 1.89. The van der Waals surface area contributed by atoms with Crippen molar-refractivity contribution in [2.24, 2.45) is 0 Å². The van der Waals surface area contributed by atoms with Crippen molar-refractivity contribution in [3.63, 3.8) is 0 Å². The van der Waals surface area contributed by atoms with Gasteiger partial charge in [-0.3, -0.25) is 0 Å². The molecule has 0 atom stereocenters. The van der Waals surface area contributed by atoms with Crippen molar-refractivity contribution in [1.82, 2.24) is 0 Å². The molecule has 78 valence electrons. The Labute approximate surface area is 93.4 Å². The zero-order chi connectivity index (χ0) is 10.4. The molecule has 0 heterocycles. The van der Waals surface area contributed by atoms with E-state index in [-0.39, 0.29) is 0 Å². The number of ether oxygens (including phenoxy) is 2. The van der Waals surface area contributed by atoms with Crippen molar-refractivity contribution in [1.29, 1.82) is 0 Å². The predicted octanol–water partition coefficient (Wildman–Crippen LogP) is 3.64. The fourth-order valence-corrected chi connectivity index (χ4v) is 1.41. The van der Waals surface area contributed by atoms with E-state index in [0.29, 0.717) is 0 Å². The highest BCUT2D eigenvalue weighted by Crippen LogP contribution is 2.29. The van der Waals surface area contributed by atoms with Gasteiger partial charge in [0.25, 0.3) is 0 Å². The topological polar surface area (TPSA) is 18.5 Å². The number of hydrogen-bond acceptors (Lipinski definition) is 2. The van der Waals surface area contributed by atoms with E-state index in [2.05, 4.69) is 22.9 Å². The average molecular weight is 259 g/mol. The van der Waals surface area contributed by atoms with Crippen molar-refractivity contribution in [3.8, 4) is 11.5 Å². The van der Waals surface area contributed by atoms with Gasteiger partial charge in [0.2, 0.25) is 0 Å². The first kappa shape index (κ1) is 11.4. The molecule has 1 rings (SSSR count). The third-order valence-corrected chi connectivity index (χ3v) is 2.55. The van der Waals surface area contributed by atoms with Gasteiger partial charge in [0, 0.05) is 6.07 Å². The molecule has 0 aliphatic heterocycles. The largest absolute Gasteiger partial charge is 0.497 e. The van der Waals surface area contributed by atoms with E-state index in [1.807, 2.05) is 18.2 Å². The molecule has 0 aromatic heterocycles. The average Bonchev–Trinajstić information content (AvgIpc) is 2.21. The lowest BCUT2D eigenvalue weighted by molar-refractivity contribution is 0.305. The second-order valence-electron chi connectivity index (χ2n) is 3.00. The normalized spacial score (nSPS) is 9.93. The van der Waals surface area contributed by atoms with Crippen molar-refractivity contribution < 1.29 is 9.47 Å². The highest BCUT2D eigenvalue weighted by Gasteiger charge is 2.02. The van der Waals surface area contributed by atoms with Crippen LogP contribution in [-0.2, 0) is 0 Å². The lowest BCUT2D eigenvalue weighted by atomic mass is 10.3. The quantitative estimate of drug-likeness (QED) is 0.751. The van der Waals surface area contributed by atoms with Crippen molar-refractivity contribution in [2.45, 2.75) is 19.8 Å². The van der Waals surface area contributed by atoms with E-state index >= 15 is 0 Å². The molecular formula is C11H15BrO2. The smallest absolute Gasteiger partial charge is 0.137 e. The Bertz CT molecular complexity index is 287. The minimum atomic E-state index is 0.752. The summed E-state index contributed by atoms with van der Waals surface area (Å²) in [4.78, 5) is 0. The second kappa shape index (κ2) is 5.91. The Morgan fingerprint density at radius 2 is 2.14 bits per heavy atom. The van der Waals surface area contributed by atoms with Crippen LogP contribution < -0.4 is 9.47 Å². The van der Waals surface area contributed by atoms with E-state index < -0.39 is 0 Å². The third kappa shape index (κ3) is 3.22. The van der Waals surface area contributed by atoms with Crippen LogP contribution in [0.4, 0.5) is 0 Å². The van der Waals surface area contributed by atoms with Crippen LogP contribution >= 0.6 is 15.9 Å². The van der Waals surface area contributed by atoms with Gasteiger partial charge in [0.15, 0.2) is 0 Å². The van der Waals surface area contributed by atoms with Crippen molar-refractivity contribution >= 4 is 15.9 Å². The minimum absolute atomic E-state index is 0.752. The molecule has 0 bridgehead atoms. The summed E-state index contributed by atoms with van der Waals surface area (Å²) in [6.45, 7) is 2.90. The van der Waals surface area contributed by atoms with Crippen molar-refractivity contribution in [3.05, 3.63) is 22.7 Å².